The van der Waals surface area contributed by atoms with E-state index in [2.05, 4.69) is 21.2 Å². The van der Waals surface area contributed by atoms with Crippen LogP contribution >= 0.6 is 27.7 Å². The Morgan fingerprint density at radius 1 is 1.21 bits per heavy atom. The molecule has 0 aromatic heterocycles. The summed E-state index contributed by atoms with van der Waals surface area (Å²) < 4.78 is 0.983. The average Bonchev–Trinajstić information content (AvgIpc) is 2.64. The third kappa shape index (κ3) is 5.80. The van der Waals surface area contributed by atoms with Crippen molar-refractivity contribution in [3.05, 3.63) is 68.2 Å². The van der Waals surface area contributed by atoms with Gasteiger partial charge in [0.1, 0.15) is 0 Å². The van der Waals surface area contributed by atoms with Gasteiger partial charge in [0, 0.05) is 28.1 Å². The summed E-state index contributed by atoms with van der Waals surface area (Å²) in [5.74, 6) is -0.955. The number of nitrogens with two attached hydrogens (primary N) is 1. The highest BCUT2D eigenvalue weighted by Gasteiger charge is 2.22. The number of rotatable bonds is 8. The lowest BCUT2D eigenvalue weighted by molar-refractivity contribution is -0.387. The zero-order valence-corrected chi connectivity index (χ0v) is 17.8. The Balaban J connectivity index is 1.98. The molecule has 2 aromatic carbocycles. The Kier molecular flexibility index (Phi) is 7.20. The number of carbonyl (C=O) groups excluding carboxylic acids is 2. The topological polar surface area (TPSA) is 115 Å². The molecule has 0 heterocycles. The number of primary amides is 1. The molecule has 3 N–H and O–H groups in total. The monoisotopic (exact) mass is 465 g/mol. The van der Waals surface area contributed by atoms with Gasteiger partial charge in [-0.3, -0.25) is 19.7 Å². The number of hydrogen-bond acceptors (Lipinski definition) is 5. The summed E-state index contributed by atoms with van der Waals surface area (Å²) in [6, 6.07) is 11.9. The number of hydrogen-bond donors (Lipinski definition) is 2. The van der Waals surface area contributed by atoms with Crippen molar-refractivity contribution in [3.63, 3.8) is 0 Å². The minimum atomic E-state index is -0.743. The molecule has 148 valence electrons. The van der Waals surface area contributed by atoms with Crippen LogP contribution in [0.1, 0.15) is 29.8 Å². The van der Waals surface area contributed by atoms with E-state index in [1.54, 1.807) is 0 Å². The smallest absolute Gasteiger partial charge is 0.283 e. The number of amides is 2. The van der Waals surface area contributed by atoms with Crippen molar-refractivity contribution in [2.45, 2.75) is 24.2 Å². The molecule has 2 rings (SSSR count). The van der Waals surface area contributed by atoms with Gasteiger partial charge in [-0.05, 0) is 29.8 Å². The first-order valence-electron chi connectivity index (χ1n) is 8.34. The van der Waals surface area contributed by atoms with Crippen LogP contribution in [0.3, 0.4) is 0 Å². The number of nitro groups is 1. The largest absolute Gasteiger partial charge is 0.366 e. The third-order valence-electron chi connectivity index (χ3n) is 4.15. The minimum absolute atomic E-state index is 0.0210. The number of carbonyl (C=O) groups is 2. The maximum atomic E-state index is 12.2. The summed E-state index contributed by atoms with van der Waals surface area (Å²) in [6.45, 7) is 4.48. The van der Waals surface area contributed by atoms with Crippen LogP contribution in [0, 0.1) is 10.1 Å². The van der Waals surface area contributed by atoms with Gasteiger partial charge in [0.15, 0.2) is 0 Å². The molecule has 0 atom stereocenters. The average molecular weight is 466 g/mol. The first-order valence-corrected chi connectivity index (χ1v) is 10.1. The molecule has 0 saturated heterocycles. The first kappa shape index (κ1) is 21.9. The van der Waals surface area contributed by atoms with E-state index in [9.17, 15) is 19.7 Å². The van der Waals surface area contributed by atoms with Crippen LogP contribution in [0.5, 0.6) is 0 Å². The van der Waals surface area contributed by atoms with Gasteiger partial charge in [0.25, 0.3) is 5.69 Å². The fraction of sp³-hybridized carbons (Fsp3) is 0.263. The van der Waals surface area contributed by atoms with E-state index < -0.39 is 10.8 Å². The van der Waals surface area contributed by atoms with Crippen molar-refractivity contribution in [1.29, 1.82) is 0 Å². The van der Waals surface area contributed by atoms with Gasteiger partial charge in [-0.2, -0.15) is 0 Å². The summed E-state index contributed by atoms with van der Waals surface area (Å²) in [6.07, 6.45) is 0. The van der Waals surface area contributed by atoms with Crippen LogP contribution in [-0.4, -0.2) is 29.0 Å². The zero-order valence-electron chi connectivity index (χ0n) is 15.4. The molecule has 0 spiro atoms. The summed E-state index contributed by atoms with van der Waals surface area (Å²) in [5.41, 5.74) is 5.78. The second-order valence-corrected chi connectivity index (χ2v) is 8.69. The molecule has 0 saturated carbocycles. The second-order valence-electron chi connectivity index (χ2n) is 6.76. The predicted molar refractivity (Wildman–Crippen MR) is 113 cm³/mol. The Morgan fingerprint density at radius 2 is 1.86 bits per heavy atom. The number of nitrogens with one attached hydrogen (secondary N) is 1. The quantitative estimate of drug-likeness (QED) is 0.350. The van der Waals surface area contributed by atoms with E-state index in [0.717, 1.165) is 27.9 Å². The van der Waals surface area contributed by atoms with Crippen molar-refractivity contribution < 1.29 is 14.5 Å². The number of nitrogens with zero attached hydrogens (tertiary/aromatic N) is 1. The van der Waals surface area contributed by atoms with Gasteiger partial charge in [0.05, 0.1) is 15.6 Å². The first-order chi connectivity index (χ1) is 13.1. The third-order valence-corrected chi connectivity index (χ3v) is 5.74. The van der Waals surface area contributed by atoms with E-state index in [4.69, 9.17) is 5.73 Å². The molecule has 0 aliphatic heterocycles. The van der Waals surface area contributed by atoms with Gasteiger partial charge in [-0.25, -0.2) is 0 Å². The van der Waals surface area contributed by atoms with E-state index in [1.807, 2.05) is 38.1 Å². The molecule has 28 heavy (non-hydrogen) atoms. The lowest BCUT2D eigenvalue weighted by Gasteiger charge is -2.25. The molecule has 0 aliphatic rings. The highest BCUT2D eigenvalue weighted by Crippen LogP contribution is 2.30. The standard InChI is InChI=1S/C19H20BrN3O4S/c1-19(2,13-4-6-14(20)7-5-13)11-22-17(24)10-28-16-8-3-12(18(21)25)9-15(16)23(26)27/h3-9H,10-11H2,1-2H3,(H2,21,25)(H,22,24). The zero-order chi connectivity index (χ0) is 20.9. The number of benzene rings is 2. The van der Waals surface area contributed by atoms with Gasteiger partial charge in [-0.15, -0.1) is 11.8 Å². The van der Waals surface area contributed by atoms with Crippen LogP contribution in [0.2, 0.25) is 0 Å². The lowest BCUT2D eigenvalue weighted by Crippen LogP contribution is -2.37. The molecule has 2 amide bonds. The molecular formula is C19H20BrN3O4S. The van der Waals surface area contributed by atoms with Crippen molar-refractivity contribution in [2.75, 3.05) is 12.3 Å². The van der Waals surface area contributed by atoms with Crippen LogP contribution in [0.15, 0.2) is 51.8 Å². The van der Waals surface area contributed by atoms with Gasteiger partial charge in [-0.1, -0.05) is 41.9 Å². The summed E-state index contributed by atoms with van der Waals surface area (Å²) in [5, 5.41) is 14.1. The van der Waals surface area contributed by atoms with Crippen LogP contribution in [-0.2, 0) is 10.2 Å². The van der Waals surface area contributed by atoms with Crippen LogP contribution in [0.4, 0.5) is 5.69 Å². The van der Waals surface area contributed by atoms with E-state index in [0.29, 0.717) is 11.4 Å². The van der Waals surface area contributed by atoms with Gasteiger partial charge in [0.2, 0.25) is 11.8 Å². The highest BCUT2D eigenvalue weighted by atomic mass is 79.9. The molecule has 0 radical (unpaired) electrons. The van der Waals surface area contributed by atoms with E-state index in [-0.39, 0.29) is 28.3 Å². The van der Waals surface area contributed by atoms with Gasteiger partial charge < -0.3 is 11.1 Å². The molecule has 2 aromatic rings. The minimum Gasteiger partial charge on any atom is -0.366 e. The summed E-state index contributed by atoms with van der Waals surface area (Å²) in [4.78, 5) is 34.3. The Labute approximate surface area is 175 Å². The summed E-state index contributed by atoms with van der Waals surface area (Å²) in [7, 11) is 0. The lowest BCUT2D eigenvalue weighted by atomic mass is 9.84. The molecular weight excluding hydrogens is 446 g/mol. The maximum absolute atomic E-state index is 12.2. The predicted octanol–water partition coefficient (Wildman–Crippen LogP) is 3.64. The van der Waals surface area contributed by atoms with Crippen molar-refractivity contribution in [2.24, 2.45) is 5.73 Å². The Morgan fingerprint density at radius 3 is 2.43 bits per heavy atom. The normalized spacial score (nSPS) is 11.1. The van der Waals surface area contributed by atoms with Crippen molar-refractivity contribution >= 4 is 45.2 Å². The highest BCUT2D eigenvalue weighted by molar-refractivity contribution is 9.10. The van der Waals surface area contributed by atoms with Crippen molar-refractivity contribution in [3.8, 4) is 0 Å². The maximum Gasteiger partial charge on any atom is 0.283 e. The number of nitro benzene ring substituents is 1. The molecule has 0 fully saturated rings. The fourth-order valence-corrected chi connectivity index (χ4v) is 3.55. The molecule has 0 aliphatic carbocycles. The Bertz CT molecular complexity index is 901. The molecule has 0 bridgehead atoms. The van der Waals surface area contributed by atoms with E-state index >= 15 is 0 Å². The van der Waals surface area contributed by atoms with Crippen molar-refractivity contribution in [1.82, 2.24) is 5.32 Å². The molecule has 9 heteroatoms. The number of thioether (sulfide) groups is 1. The van der Waals surface area contributed by atoms with E-state index in [1.165, 1.54) is 12.1 Å². The Hall–Kier alpha value is -2.39. The van der Waals surface area contributed by atoms with Gasteiger partial charge >= 0.3 is 0 Å². The molecule has 0 unspecified atom stereocenters. The molecule has 7 nitrogen and oxygen atoms in total. The fourth-order valence-electron chi connectivity index (χ4n) is 2.45. The number of halogens is 1. The summed E-state index contributed by atoms with van der Waals surface area (Å²) >= 11 is 4.44. The van der Waals surface area contributed by atoms with Crippen LogP contribution < -0.4 is 11.1 Å². The SMILES string of the molecule is CC(C)(CNC(=O)CSc1ccc(C(N)=O)cc1[N+](=O)[O-])c1ccc(Br)cc1. The second kappa shape index (κ2) is 9.20. The van der Waals surface area contributed by atoms with Crippen LogP contribution in [0.25, 0.3) is 0 Å².